The topological polar surface area (TPSA) is 26.3 Å². The zero-order valence-corrected chi connectivity index (χ0v) is 7.70. The van der Waals surface area contributed by atoms with Gasteiger partial charge in [0.05, 0.1) is 12.7 Å². The maximum Gasteiger partial charge on any atom is 0.337 e. The summed E-state index contributed by atoms with van der Waals surface area (Å²) in [5.41, 5.74) is 0.565. The Morgan fingerprint density at radius 1 is 1.25 bits per heavy atom. The second-order valence-corrected chi connectivity index (χ2v) is 2.12. The van der Waals surface area contributed by atoms with Crippen molar-refractivity contribution in [1.29, 1.82) is 0 Å². The highest BCUT2D eigenvalue weighted by atomic mass is 16.5. The maximum absolute atomic E-state index is 11.0. The van der Waals surface area contributed by atoms with Gasteiger partial charge in [0.2, 0.25) is 0 Å². The van der Waals surface area contributed by atoms with E-state index in [1.807, 2.05) is 19.1 Å². The van der Waals surface area contributed by atoms with Gasteiger partial charge in [-0.2, -0.15) is 0 Å². The van der Waals surface area contributed by atoms with Crippen molar-refractivity contribution in [1.82, 2.24) is 0 Å². The zero-order valence-electron chi connectivity index (χ0n) is 7.70. The van der Waals surface area contributed by atoms with E-state index in [1.54, 1.807) is 25.2 Å². The third-order valence-corrected chi connectivity index (χ3v) is 1.31. The summed E-state index contributed by atoms with van der Waals surface area (Å²) in [6.45, 7) is 3.71. The Morgan fingerprint density at radius 3 is 2.33 bits per heavy atom. The summed E-state index contributed by atoms with van der Waals surface area (Å²) >= 11 is 0. The molecular weight excluding hydrogens is 152 g/mol. The number of ether oxygens (including phenoxy) is 1. The van der Waals surface area contributed by atoms with Crippen molar-refractivity contribution in [3.05, 3.63) is 36.0 Å². The molecule has 0 fully saturated rings. The zero-order chi connectivity index (χ0) is 9.40. The smallest absolute Gasteiger partial charge is 0.337 e. The molecule has 66 valence electrons. The van der Waals surface area contributed by atoms with Crippen LogP contribution in [0.25, 0.3) is 0 Å². The molecule has 0 aromatic carbocycles. The molecule has 0 atom stereocenters. The van der Waals surface area contributed by atoms with Crippen LogP contribution in [0.3, 0.4) is 0 Å². The standard InChI is InChI=1S/C10H14O2/c1-4-6-7-8-9(5-2)10(11)12-3/h4-8H,1-3H3/b6-4+,8-7-,9-5+. The molecule has 0 aliphatic rings. The fraction of sp³-hybridized carbons (Fsp3) is 0.300. The molecule has 0 bridgehead atoms. The van der Waals surface area contributed by atoms with E-state index in [9.17, 15) is 4.79 Å². The lowest BCUT2D eigenvalue weighted by Crippen LogP contribution is -2.01. The number of rotatable bonds is 3. The predicted octanol–water partition coefficient (Wildman–Crippen LogP) is 2.24. The van der Waals surface area contributed by atoms with Gasteiger partial charge in [-0.15, -0.1) is 0 Å². The fourth-order valence-electron chi connectivity index (χ4n) is 0.670. The average molecular weight is 166 g/mol. The van der Waals surface area contributed by atoms with Crippen molar-refractivity contribution in [2.24, 2.45) is 0 Å². The Bertz CT molecular complexity index is 222. The van der Waals surface area contributed by atoms with E-state index in [2.05, 4.69) is 4.74 Å². The molecule has 0 spiro atoms. The van der Waals surface area contributed by atoms with E-state index in [0.29, 0.717) is 5.57 Å². The van der Waals surface area contributed by atoms with Crippen LogP contribution in [0, 0.1) is 0 Å². The summed E-state index contributed by atoms with van der Waals surface area (Å²) in [4.78, 5) is 11.0. The van der Waals surface area contributed by atoms with Gasteiger partial charge in [-0.25, -0.2) is 4.79 Å². The number of methoxy groups -OCH3 is 1. The molecular formula is C10H14O2. The van der Waals surface area contributed by atoms with Crippen LogP contribution >= 0.6 is 0 Å². The van der Waals surface area contributed by atoms with Crippen LogP contribution in [0.5, 0.6) is 0 Å². The minimum Gasteiger partial charge on any atom is -0.465 e. The summed E-state index contributed by atoms with van der Waals surface area (Å²) < 4.78 is 4.55. The van der Waals surface area contributed by atoms with Gasteiger partial charge < -0.3 is 4.74 Å². The highest BCUT2D eigenvalue weighted by molar-refractivity contribution is 5.91. The molecule has 0 rings (SSSR count). The minimum absolute atomic E-state index is 0.307. The van der Waals surface area contributed by atoms with E-state index in [1.165, 1.54) is 7.11 Å². The summed E-state index contributed by atoms with van der Waals surface area (Å²) in [7, 11) is 1.37. The van der Waals surface area contributed by atoms with Crippen molar-refractivity contribution in [2.75, 3.05) is 7.11 Å². The largest absolute Gasteiger partial charge is 0.465 e. The van der Waals surface area contributed by atoms with Crippen LogP contribution < -0.4 is 0 Å². The molecule has 0 saturated heterocycles. The van der Waals surface area contributed by atoms with E-state index >= 15 is 0 Å². The van der Waals surface area contributed by atoms with E-state index < -0.39 is 0 Å². The highest BCUT2D eigenvalue weighted by Gasteiger charge is 2.01. The van der Waals surface area contributed by atoms with Crippen molar-refractivity contribution >= 4 is 5.97 Å². The van der Waals surface area contributed by atoms with Gasteiger partial charge in [0.1, 0.15) is 0 Å². The normalized spacial score (nSPS) is 12.8. The fourth-order valence-corrected chi connectivity index (χ4v) is 0.670. The van der Waals surface area contributed by atoms with Crippen molar-refractivity contribution in [3.63, 3.8) is 0 Å². The monoisotopic (exact) mass is 166 g/mol. The quantitative estimate of drug-likeness (QED) is 0.365. The van der Waals surface area contributed by atoms with Gasteiger partial charge in [0, 0.05) is 0 Å². The summed E-state index contributed by atoms with van der Waals surface area (Å²) in [6, 6.07) is 0. The average Bonchev–Trinajstić information content (AvgIpc) is 2.11. The van der Waals surface area contributed by atoms with Crippen molar-refractivity contribution in [3.8, 4) is 0 Å². The number of hydrogen-bond acceptors (Lipinski definition) is 2. The first-order valence-electron chi connectivity index (χ1n) is 3.80. The van der Waals surface area contributed by atoms with E-state index in [0.717, 1.165) is 0 Å². The van der Waals surface area contributed by atoms with Crippen LogP contribution in [0.1, 0.15) is 13.8 Å². The van der Waals surface area contributed by atoms with Gasteiger partial charge in [0.15, 0.2) is 0 Å². The molecule has 0 aromatic rings. The van der Waals surface area contributed by atoms with Gasteiger partial charge in [-0.3, -0.25) is 0 Å². The molecule has 0 amide bonds. The Kier molecular flexibility index (Phi) is 5.70. The van der Waals surface area contributed by atoms with Crippen LogP contribution in [0.15, 0.2) is 36.0 Å². The second-order valence-electron chi connectivity index (χ2n) is 2.12. The molecule has 0 aliphatic heterocycles. The first kappa shape index (κ1) is 10.7. The van der Waals surface area contributed by atoms with E-state index in [4.69, 9.17) is 0 Å². The minimum atomic E-state index is -0.307. The van der Waals surface area contributed by atoms with Gasteiger partial charge in [-0.05, 0) is 19.9 Å². The van der Waals surface area contributed by atoms with Gasteiger partial charge in [0.25, 0.3) is 0 Å². The third-order valence-electron chi connectivity index (χ3n) is 1.31. The Morgan fingerprint density at radius 2 is 1.92 bits per heavy atom. The lowest BCUT2D eigenvalue weighted by atomic mass is 10.2. The Balaban J connectivity index is 4.29. The third kappa shape index (κ3) is 3.76. The van der Waals surface area contributed by atoms with Gasteiger partial charge in [-0.1, -0.05) is 24.3 Å². The number of allylic oxidation sites excluding steroid dienone is 4. The van der Waals surface area contributed by atoms with Crippen molar-refractivity contribution in [2.45, 2.75) is 13.8 Å². The van der Waals surface area contributed by atoms with Crippen LogP contribution in [-0.2, 0) is 9.53 Å². The first-order chi connectivity index (χ1) is 5.76. The molecule has 12 heavy (non-hydrogen) atoms. The number of carbonyl (C=O) groups excluding carboxylic acids is 1. The summed E-state index contributed by atoms with van der Waals surface area (Å²) in [5.74, 6) is -0.307. The van der Waals surface area contributed by atoms with Crippen LogP contribution in [0.4, 0.5) is 0 Å². The molecule has 2 nitrogen and oxygen atoms in total. The maximum atomic E-state index is 11.0. The molecule has 0 N–H and O–H groups in total. The second kappa shape index (κ2) is 6.40. The van der Waals surface area contributed by atoms with E-state index in [-0.39, 0.29) is 5.97 Å². The van der Waals surface area contributed by atoms with Crippen LogP contribution in [-0.4, -0.2) is 13.1 Å². The molecule has 0 unspecified atom stereocenters. The Labute approximate surface area is 73.2 Å². The van der Waals surface area contributed by atoms with Gasteiger partial charge >= 0.3 is 5.97 Å². The SMILES string of the molecule is C/C=C/C=C\C(=C/C)C(=O)OC. The summed E-state index contributed by atoms with van der Waals surface area (Å²) in [5, 5.41) is 0. The molecule has 0 saturated carbocycles. The molecule has 0 aliphatic carbocycles. The number of carbonyl (C=O) groups is 1. The first-order valence-corrected chi connectivity index (χ1v) is 3.80. The lowest BCUT2D eigenvalue weighted by molar-refractivity contribution is -0.135. The molecule has 0 heterocycles. The number of esters is 1. The predicted molar refractivity (Wildman–Crippen MR) is 49.7 cm³/mol. The summed E-state index contributed by atoms with van der Waals surface area (Å²) in [6.07, 6.45) is 8.97. The van der Waals surface area contributed by atoms with Crippen molar-refractivity contribution < 1.29 is 9.53 Å². The van der Waals surface area contributed by atoms with Crippen LogP contribution in [0.2, 0.25) is 0 Å². The molecule has 2 heteroatoms. The Hall–Kier alpha value is -1.31. The highest BCUT2D eigenvalue weighted by Crippen LogP contribution is 1.99. The molecule has 0 radical (unpaired) electrons. The lowest BCUT2D eigenvalue weighted by Gasteiger charge is -1.96. The number of hydrogen-bond donors (Lipinski definition) is 0. The molecule has 0 aromatic heterocycles.